The minimum absolute atomic E-state index is 0.0525. The number of sulfone groups is 1. The van der Waals surface area contributed by atoms with Crippen LogP contribution in [0.25, 0.3) is 0 Å². The van der Waals surface area contributed by atoms with Crippen molar-refractivity contribution in [2.75, 3.05) is 41.0 Å². The number of carbonyl (C=O) groups excluding carboxylic acids is 1. The van der Waals surface area contributed by atoms with Crippen LogP contribution in [0.4, 0.5) is 11.4 Å². The number of thioether (sulfide) groups is 1. The van der Waals surface area contributed by atoms with E-state index in [-0.39, 0.29) is 29.4 Å². The Morgan fingerprint density at radius 3 is 2.42 bits per heavy atom. The van der Waals surface area contributed by atoms with Crippen LogP contribution in [-0.2, 0) is 14.6 Å². The topological polar surface area (TPSA) is 79.3 Å². The molecule has 2 aromatic rings. The number of fused-ring (bicyclic) bond motifs is 1. The molecule has 1 amide bonds. The van der Waals surface area contributed by atoms with Gasteiger partial charge in [-0.3, -0.25) is 4.79 Å². The summed E-state index contributed by atoms with van der Waals surface area (Å²) in [7, 11) is -3.12. The van der Waals surface area contributed by atoms with Crippen LogP contribution >= 0.6 is 23.4 Å². The van der Waals surface area contributed by atoms with Crippen LogP contribution in [0, 0.1) is 0 Å². The molecule has 0 N–H and O–H groups in total. The molecular weight excluding hydrogens is 482 g/mol. The van der Waals surface area contributed by atoms with Gasteiger partial charge in [0.15, 0.2) is 21.6 Å². The van der Waals surface area contributed by atoms with Gasteiger partial charge in [-0.2, -0.15) is 4.99 Å². The van der Waals surface area contributed by atoms with Crippen LogP contribution in [0.3, 0.4) is 0 Å². The van der Waals surface area contributed by atoms with E-state index in [9.17, 15) is 13.2 Å². The van der Waals surface area contributed by atoms with E-state index >= 15 is 0 Å². The molecule has 10 heteroatoms. The summed E-state index contributed by atoms with van der Waals surface area (Å²) in [5, 5.41) is 0.946. The SMILES string of the molecule is CCN(CC)c1ccc(N2C(=NC(=O)COc3ccc(Cl)cc3)S[C@@H]3CS(=O)(=O)C[C@H]32)cc1. The molecule has 2 fully saturated rings. The zero-order chi connectivity index (χ0) is 23.6. The van der Waals surface area contributed by atoms with Crippen molar-refractivity contribution in [1.29, 1.82) is 0 Å². The normalized spacial score (nSPS) is 22.4. The van der Waals surface area contributed by atoms with Crippen molar-refractivity contribution < 1.29 is 17.9 Å². The van der Waals surface area contributed by atoms with E-state index in [2.05, 4.69) is 23.7 Å². The molecule has 0 saturated carbocycles. The van der Waals surface area contributed by atoms with Gasteiger partial charge >= 0.3 is 0 Å². The third-order valence-corrected chi connectivity index (χ3v) is 9.18. The van der Waals surface area contributed by atoms with Gasteiger partial charge in [-0.25, -0.2) is 8.42 Å². The molecule has 2 atom stereocenters. The molecular formula is C23H26ClN3O4S2. The molecule has 0 radical (unpaired) electrons. The van der Waals surface area contributed by atoms with E-state index in [0.29, 0.717) is 15.9 Å². The Bertz CT molecular complexity index is 1130. The summed E-state index contributed by atoms with van der Waals surface area (Å²) >= 11 is 7.22. The zero-order valence-corrected chi connectivity index (χ0v) is 20.9. The number of hydrogen-bond donors (Lipinski definition) is 0. The number of aliphatic imine (C=N–C) groups is 1. The van der Waals surface area contributed by atoms with Crippen LogP contribution in [0.1, 0.15) is 13.8 Å². The average Bonchev–Trinajstić information content (AvgIpc) is 3.25. The minimum Gasteiger partial charge on any atom is -0.484 e. The second-order valence-corrected chi connectivity index (χ2v) is 11.7. The first-order valence-electron chi connectivity index (χ1n) is 10.8. The molecule has 33 heavy (non-hydrogen) atoms. The third kappa shape index (κ3) is 5.47. The number of ether oxygens (including phenoxy) is 1. The Morgan fingerprint density at radius 2 is 1.79 bits per heavy atom. The molecule has 2 aromatic carbocycles. The van der Waals surface area contributed by atoms with Gasteiger partial charge in [-0.05, 0) is 62.4 Å². The summed E-state index contributed by atoms with van der Waals surface area (Å²) in [6.45, 7) is 5.78. The number of halogens is 1. The molecule has 0 unspecified atom stereocenters. The van der Waals surface area contributed by atoms with E-state index in [0.717, 1.165) is 24.5 Å². The van der Waals surface area contributed by atoms with Crippen LogP contribution in [0.15, 0.2) is 53.5 Å². The Morgan fingerprint density at radius 1 is 1.12 bits per heavy atom. The van der Waals surface area contributed by atoms with Crippen molar-refractivity contribution in [3.8, 4) is 5.75 Å². The number of carbonyl (C=O) groups is 1. The second-order valence-electron chi connectivity index (χ2n) is 7.89. The summed E-state index contributed by atoms with van der Waals surface area (Å²) in [5.74, 6) is 0.237. The summed E-state index contributed by atoms with van der Waals surface area (Å²) in [6, 6.07) is 14.5. The summed E-state index contributed by atoms with van der Waals surface area (Å²) < 4.78 is 30.1. The van der Waals surface area contributed by atoms with E-state index in [1.54, 1.807) is 24.3 Å². The van der Waals surface area contributed by atoms with E-state index in [4.69, 9.17) is 16.3 Å². The highest BCUT2D eigenvalue weighted by molar-refractivity contribution is 8.16. The standard InChI is InChI=1S/C23H26ClN3O4S2/c1-3-26(4-2)17-7-9-18(10-8-17)27-20-14-33(29,30)15-21(20)32-23(27)25-22(28)13-31-19-11-5-16(24)6-12-19/h5-12,20-21H,3-4,13-15H2,1-2H3/t20-,21-/m1/s1. The largest absolute Gasteiger partial charge is 0.484 e. The number of anilines is 2. The highest BCUT2D eigenvalue weighted by Crippen LogP contribution is 2.41. The second kappa shape index (κ2) is 9.95. The lowest BCUT2D eigenvalue weighted by molar-refractivity contribution is -0.119. The fourth-order valence-electron chi connectivity index (χ4n) is 4.09. The number of hydrogen-bond acceptors (Lipinski definition) is 6. The number of rotatable bonds is 7. The summed E-state index contributed by atoms with van der Waals surface area (Å²) in [4.78, 5) is 21.0. The maximum Gasteiger partial charge on any atom is 0.285 e. The quantitative estimate of drug-likeness (QED) is 0.563. The maximum absolute atomic E-state index is 12.6. The number of nitrogens with zero attached hydrogens (tertiary/aromatic N) is 3. The Balaban J connectivity index is 1.55. The van der Waals surface area contributed by atoms with Crippen molar-refractivity contribution >= 4 is 55.6 Å². The van der Waals surface area contributed by atoms with Crippen LogP contribution in [0.2, 0.25) is 5.02 Å². The van der Waals surface area contributed by atoms with Gasteiger partial charge in [0.05, 0.1) is 17.5 Å². The highest BCUT2D eigenvalue weighted by atomic mass is 35.5. The number of amidine groups is 1. The molecule has 0 aromatic heterocycles. The molecule has 0 spiro atoms. The van der Waals surface area contributed by atoms with Gasteiger partial charge in [0.25, 0.3) is 5.91 Å². The Hall–Kier alpha value is -2.23. The Labute approximate surface area is 203 Å². The first-order chi connectivity index (χ1) is 15.8. The minimum atomic E-state index is -3.12. The summed E-state index contributed by atoms with van der Waals surface area (Å²) in [6.07, 6.45) is 0. The fraction of sp³-hybridized carbons (Fsp3) is 0.391. The molecule has 2 aliphatic rings. The van der Waals surface area contributed by atoms with Crippen molar-refractivity contribution in [3.05, 3.63) is 53.6 Å². The van der Waals surface area contributed by atoms with Gasteiger partial charge in [-0.15, -0.1) is 0 Å². The molecule has 2 saturated heterocycles. The van der Waals surface area contributed by atoms with Crippen molar-refractivity contribution in [1.82, 2.24) is 0 Å². The lowest BCUT2D eigenvalue weighted by atomic mass is 10.2. The van der Waals surface area contributed by atoms with Gasteiger partial charge < -0.3 is 14.5 Å². The monoisotopic (exact) mass is 507 g/mol. The first kappa shape index (κ1) is 23.9. The van der Waals surface area contributed by atoms with E-state index in [1.165, 1.54) is 11.8 Å². The van der Waals surface area contributed by atoms with E-state index in [1.807, 2.05) is 29.2 Å². The smallest absolute Gasteiger partial charge is 0.285 e. The summed E-state index contributed by atoms with van der Waals surface area (Å²) in [5.41, 5.74) is 1.92. The van der Waals surface area contributed by atoms with Crippen molar-refractivity contribution in [2.45, 2.75) is 25.1 Å². The predicted molar refractivity (Wildman–Crippen MR) is 136 cm³/mol. The van der Waals surface area contributed by atoms with Crippen LogP contribution in [0.5, 0.6) is 5.75 Å². The van der Waals surface area contributed by atoms with E-state index < -0.39 is 15.7 Å². The van der Waals surface area contributed by atoms with Gasteiger partial charge in [0.1, 0.15) is 5.75 Å². The van der Waals surface area contributed by atoms with Gasteiger partial charge in [-0.1, -0.05) is 23.4 Å². The third-order valence-electron chi connectivity index (χ3n) is 5.72. The molecule has 7 nitrogen and oxygen atoms in total. The molecule has 2 aliphatic heterocycles. The van der Waals surface area contributed by atoms with Crippen LogP contribution < -0.4 is 14.5 Å². The van der Waals surface area contributed by atoms with Gasteiger partial charge in [0.2, 0.25) is 0 Å². The molecule has 4 rings (SSSR count). The fourth-order valence-corrected chi connectivity index (χ4v) is 8.15. The molecule has 0 bridgehead atoms. The zero-order valence-electron chi connectivity index (χ0n) is 18.5. The molecule has 2 heterocycles. The maximum atomic E-state index is 12.6. The predicted octanol–water partition coefficient (Wildman–Crippen LogP) is 3.87. The number of amides is 1. The highest BCUT2D eigenvalue weighted by Gasteiger charge is 2.49. The van der Waals surface area contributed by atoms with Crippen LogP contribution in [-0.4, -0.2) is 62.0 Å². The first-order valence-corrected chi connectivity index (χ1v) is 13.9. The lowest BCUT2D eigenvalue weighted by Crippen LogP contribution is -2.38. The lowest BCUT2D eigenvalue weighted by Gasteiger charge is -2.26. The van der Waals surface area contributed by atoms with Crippen molar-refractivity contribution in [2.24, 2.45) is 4.99 Å². The molecule has 176 valence electrons. The van der Waals surface area contributed by atoms with Crippen molar-refractivity contribution in [3.63, 3.8) is 0 Å². The average molecular weight is 508 g/mol. The van der Waals surface area contributed by atoms with Gasteiger partial charge in [0, 0.05) is 34.7 Å². The number of benzene rings is 2. The molecule has 0 aliphatic carbocycles. The Kier molecular flexibility index (Phi) is 7.21.